The number of halogens is 2. The normalized spacial score (nSPS) is 25.4. The Morgan fingerprint density at radius 2 is 1.92 bits per heavy atom. The van der Waals surface area contributed by atoms with Crippen molar-refractivity contribution >= 4 is 0 Å². The third-order valence-corrected chi connectivity index (χ3v) is 2.70. The average molecular weight is 189 g/mol. The van der Waals surface area contributed by atoms with E-state index in [1.54, 1.807) is 0 Å². The van der Waals surface area contributed by atoms with Crippen molar-refractivity contribution in [2.24, 2.45) is 0 Å². The summed E-state index contributed by atoms with van der Waals surface area (Å²) in [5.74, 6) is 0. The molecule has 0 aromatic heterocycles. The molecule has 0 N–H and O–H groups in total. The van der Waals surface area contributed by atoms with Gasteiger partial charge in [0.05, 0.1) is 0 Å². The van der Waals surface area contributed by atoms with Crippen LogP contribution in [0.5, 0.6) is 0 Å². The summed E-state index contributed by atoms with van der Waals surface area (Å²) < 4.78 is 24.8. The minimum Gasteiger partial charge on any atom is -0.292 e. The first-order valence-corrected chi connectivity index (χ1v) is 4.65. The van der Waals surface area contributed by atoms with Gasteiger partial charge in [0.25, 0.3) is 6.08 Å². The largest absolute Gasteiger partial charge is 0.292 e. The fourth-order valence-corrected chi connectivity index (χ4v) is 2.00. The van der Waals surface area contributed by atoms with Crippen LogP contribution in [-0.2, 0) is 0 Å². The van der Waals surface area contributed by atoms with Crippen LogP contribution in [0.1, 0.15) is 34.1 Å². The molecule has 0 spiro atoms. The van der Waals surface area contributed by atoms with Crippen molar-refractivity contribution in [2.75, 3.05) is 6.54 Å². The smallest absolute Gasteiger partial charge is 0.271 e. The van der Waals surface area contributed by atoms with Crippen LogP contribution in [0.3, 0.4) is 0 Å². The van der Waals surface area contributed by atoms with Crippen molar-refractivity contribution in [3.63, 3.8) is 0 Å². The van der Waals surface area contributed by atoms with Crippen molar-refractivity contribution in [1.29, 1.82) is 0 Å². The molecule has 1 rings (SSSR count). The van der Waals surface area contributed by atoms with Crippen LogP contribution in [-0.4, -0.2) is 23.0 Å². The standard InChI is InChI=1S/C10H17F2N/c1-7-8(9(11)12)5-6-13(7)10(2,3)4/h7H,5-6H2,1-4H3. The van der Waals surface area contributed by atoms with E-state index in [2.05, 4.69) is 25.7 Å². The van der Waals surface area contributed by atoms with E-state index in [9.17, 15) is 8.78 Å². The molecule has 1 nitrogen and oxygen atoms in total. The zero-order valence-electron chi connectivity index (χ0n) is 8.69. The maximum absolute atomic E-state index is 12.4. The van der Waals surface area contributed by atoms with Gasteiger partial charge in [-0.05, 0) is 34.1 Å². The molecule has 0 aliphatic carbocycles. The van der Waals surface area contributed by atoms with Crippen molar-refractivity contribution in [1.82, 2.24) is 4.90 Å². The third-order valence-electron chi connectivity index (χ3n) is 2.70. The van der Waals surface area contributed by atoms with Gasteiger partial charge in [-0.25, -0.2) is 0 Å². The van der Waals surface area contributed by atoms with Gasteiger partial charge in [0.15, 0.2) is 0 Å². The zero-order valence-corrected chi connectivity index (χ0v) is 8.69. The second-order valence-corrected chi connectivity index (χ2v) is 4.58. The molecule has 1 aliphatic rings. The molecular weight excluding hydrogens is 172 g/mol. The molecule has 13 heavy (non-hydrogen) atoms. The summed E-state index contributed by atoms with van der Waals surface area (Å²) in [6.45, 7) is 8.78. The van der Waals surface area contributed by atoms with Gasteiger partial charge >= 0.3 is 0 Å². The Morgan fingerprint density at radius 1 is 1.38 bits per heavy atom. The van der Waals surface area contributed by atoms with E-state index in [-0.39, 0.29) is 11.6 Å². The Bertz CT molecular complexity index is 224. The van der Waals surface area contributed by atoms with Crippen LogP contribution in [0.15, 0.2) is 11.7 Å². The maximum atomic E-state index is 12.4. The van der Waals surface area contributed by atoms with Gasteiger partial charge in [-0.15, -0.1) is 0 Å². The lowest BCUT2D eigenvalue weighted by Crippen LogP contribution is -2.43. The molecule has 0 aromatic carbocycles. The average Bonchev–Trinajstić information content (AvgIpc) is 2.28. The highest BCUT2D eigenvalue weighted by Crippen LogP contribution is 2.32. The van der Waals surface area contributed by atoms with Crippen LogP contribution < -0.4 is 0 Å². The highest BCUT2D eigenvalue weighted by Gasteiger charge is 2.35. The second kappa shape index (κ2) is 3.37. The molecule has 0 bridgehead atoms. The lowest BCUT2D eigenvalue weighted by molar-refractivity contribution is 0.137. The summed E-state index contributed by atoms with van der Waals surface area (Å²) in [6, 6.07) is -0.106. The van der Waals surface area contributed by atoms with Gasteiger partial charge in [0.2, 0.25) is 0 Å². The summed E-state index contributed by atoms with van der Waals surface area (Å²) in [7, 11) is 0. The predicted molar refractivity (Wildman–Crippen MR) is 49.8 cm³/mol. The monoisotopic (exact) mass is 189 g/mol. The SMILES string of the molecule is CC1C(=C(F)F)CCN1C(C)(C)C. The second-order valence-electron chi connectivity index (χ2n) is 4.58. The van der Waals surface area contributed by atoms with E-state index in [1.165, 1.54) is 0 Å². The van der Waals surface area contributed by atoms with Crippen LogP contribution in [0, 0.1) is 0 Å². The predicted octanol–water partition coefficient (Wildman–Crippen LogP) is 3.03. The molecule has 1 saturated heterocycles. The van der Waals surface area contributed by atoms with E-state index in [4.69, 9.17) is 0 Å². The molecule has 1 unspecified atom stereocenters. The summed E-state index contributed by atoms with van der Waals surface area (Å²) in [5.41, 5.74) is 0.298. The van der Waals surface area contributed by atoms with E-state index in [1.807, 2.05) is 6.92 Å². The summed E-state index contributed by atoms with van der Waals surface area (Å²) >= 11 is 0. The van der Waals surface area contributed by atoms with Crippen molar-refractivity contribution in [3.05, 3.63) is 11.7 Å². The van der Waals surface area contributed by atoms with E-state index in [0.717, 1.165) is 6.54 Å². The minimum atomic E-state index is -1.49. The van der Waals surface area contributed by atoms with Crippen LogP contribution >= 0.6 is 0 Å². The quantitative estimate of drug-likeness (QED) is 0.566. The first kappa shape index (κ1) is 10.6. The van der Waals surface area contributed by atoms with Crippen LogP contribution in [0.2, 0.25) is 0 Å². The Hall–Kier alpha value is -0.440. The number of hydrogen-bond donors (Lipinski definition) is 0. The first-order chi connectivity index (χ1) is 5.84. The summed E-state index contributed by atoms with van der Waals surface area (Å²) in [4.78, 5) is 2.11. The Morgan fingerprint density at radius 3 is 2.15 bits per heavy atom. The van der Waals surface area contributed by atoms with Crippen LogP contribution in [0.25, 0.3) is 0 Å². The lowest BCUT2D eigenvalue weighted by Gasteiger charge is -2.35. The van der Waals surface area contributed by atoms with Gasteiger partial charge < -0.3 is 0 Å². The van der Waals surface area contributed by atoms with Gasteiger partial charge in [-0.1, -0.05) is 0 Å². The Kier molecular flexibility index (Phi) is 2.76. The van der Waals surface area contributed by atoms with Crippen LogP contribution in [0.4, 0.5) is 8.78 Å². The van der Waals surface area contributed by atoms with Crippen molar-refractivity contribution in [2.45, 2.75) is 45.7 Å². The molecular formula is C10H17F2N. The number of rotatable bonds is 0. The van der Waals surface area contributed by atoms with Gasteiger partial charge in [-0.2, -0.15) is 8.78 Å². The summed E-state index contributed by atoms with van der Waals surface area (Å²) in [6.07, 6.45) is -0.972. The number of nitrogens with zero attached hydrogens (tertiary/aromatic N) is 1. The summed E-state index contributed by atoms with van der Waals surface area (Å²) in [5, 5.41) is 0. The molecule has 1 heterocycles. The fourth-order valence-electron chi connectivity index (χ4n) is 2.00. The number of likely N-dealkylation sites (tertiary alicyclic amines) is 1. The Labute approximate surface area is 78.4 Å². The third kappa shape index (κ3) is 2.08. The zero-order chi connectivity index (χ0) is 10.2. The molecule has 0 aromatic rings. The van der Waals surface area contributed by atoms with E-state index in [0.29, 0.717) is 12.0 Å². The van der Waals surface area contributed by atoms with Crippen molar-refractivity contribution in [3.8, 4) is 0 Å². The molecule has 0 radical (unpaired) electrons. The highest BCUT2D eigenvalue weighted by molar-refractivity contribution is 5.17. The molecule has 1 fully saturated rings. The highest BCUT2D eigenvalue weighted by atomic mass is 19.3. The minimum absolute atomic E-state index is 0.0172. The maximum Gasteiger partial charge on any atom is 0.271 e. The molecule has 0 saturated carbocycles. The molecule has 3 heteroatoms. The fraction of sp³-hybridized carbons (Fsp3) is 0.800. The molecule has 1 aliphatic heterocycles. The van der Waals surface area contributed by atoms with Gasteiger partial charge in [0.1, 0.15) is 0 Å². The van der Waals surface area contributed by atoms with Gasteiger partial charge in [0, 0.05) is 23.7 Å². The molecule has 0 amide bonds. The first-order valence-electron chi connectivity index (χ1n) is 4.65. The van der Waals surface area contributed by atoms with E-state index < -0.39 is 6.08 Å². The lowest BCUT2D eigenvalue weighted by atomic mass is 10.0. The molecule has 1 atom stereocenters. The number of hydrogen-bond acceptors (Lipinski definition) is 1. The van der Waals surface area contributed by atoms with E-state index >= 15 is 0 Å². The topological polar surface area (TPSA) is 3.24 Å². The Balaban J connectivity index is 2.84. The van der Waals surface area contributed by atoms with Gasteiger partial charge in [-0.3, -0.25) is 4.90 Å². The van der Waals surface area contributed by atoms with Crippen molar-refractivity contribution < 1.29 is 8.78 Å². The molecule has 76 valence electrons.